The van der Waals surface area contributed by atoms with Crippen LogP contribution in [0.25, 0.3) is 11.3 Å². The molecule has 0 unspecified atom stereocenters. The van der Waals surface area contributed by atoms with E-state index in [0.29, 0.717) is 17.0 Å². The van der Waals surface area contributed by atoms with Crippen LogP contribution in [0.4, 0.5) is 4.39 Å². The fraction of sp³-hybridized carbons (Fsp3) is 0.0909. The minimum atomic E-state index is -1.24. The zero-order valence-electron chi connectivity index (χ0n) is 8.40. The number of oxazole rings is 1. The van der Waals surface area contributed by atoms with Gasteiger partial charge < -0.3 is 9.52 Å². The predicted molar refractivity (Wildman–Crippen MR) is 53.6 cm³/mol. The van der Waals surface area contributed by atoms with E-state index in [1.807, 2.05) is 0 Å². The maximum Gasteiger partial charge on any atom is 0.392 e. The molecule has 0 aliphatic rings. The van der Waals surface area contributed by atoms with Crippen LogP contribution in [-0.4, -0.2) is 16.1 Å². The standard InChI is InChI=1S/C11H8FNO3/c1-6-9(13-10(16-6)11(14)15)7-3-2-4-8(12)5-7/h2-5H,1H3,(H,14,15). The summed E-state index contributed by atoms with van der Waals surface area (Å²) in [5.41, 5.74) is 0.839. The molecular weight excluding hydrogens is 213 g/mol. The van der Waals surface area contributed by atoms with Crippen molar-refractivity contribution in [3.05, 3.63) is 41.7 Å². The third kappa shape index (κ3) is 1.79. The molecule has 0 saturated carbocycles. The van der Waals surface area contributed by atoms with E-state index in [-0.39, 0.29) is 0 Å². The van der Waals surface area contributed by atoms with Gasteiger partial charge in [0.05, 0.1) is 0 Å². The minimum absolute atomic E-state index is 0.344. The molecule has 4 nitrogen and oxygen atoms in total. The third-order valence-electron chi connectivity index (χ3n) is 2.08. The monoisotopic (exact) mass is 221 g/mol. The van der Waals surface area contributed by atoms with E-state index in [2.05, 4.69) is 4.98 Å². The van der Waals surface area contributed by atoms with Crippen molar-refractivity contribution in [2.24, 2.45) is 0 Å². The quantitative estimate of drug-likeness (QED) is 0.846. The molecule has 2 aromatic rings. The Balaban J connectivity index is 2.52. The summed E-state index contributed by atoms with van der Waals surface area (Å²) in [6.45, 7) is 1.58. The lowest BCUT2D eigenvalue weighted by Gasteiger charge is -1.96. The average Bonchev–Trinajstić information content (AvgIpc) is 2.60. The first-order valence-electron chi connectivity index (χ1n) is 4.54. The van der Waals surface area contributed by atoms with Gasteiger partial charge in [-0.05, 0) is 19.1 Å². The Hall–Kier alpha value is -2.17. The summed E-state index contributed by atoms with van der Waals surface area (Å²) in [6.07, 6.45) is 0. The molecule has 16 heavy (non-hydrogen) atoms. The van der Waals surface area contributed by atoms with Gasteiger partial charge in [-0.15, -0.1) is 0 Å². The highest BCUT2D eigenvalue weighted by atomic mass is 19.1. The first kappa shape index (κ1) is 10.4. The summed E-state index contributed by atoms with van der Waals surface area (Å²) in [4.78, 5) is 14.4. The maximum absolute atomic E-state index is 13.0. The number of hydrogen-bond acceptors (Lipinski definition) is 3. The fourth-order valence-electron chi connectivity index (χ4n) is 1.39. The van der Waals surface area contributed by atoms with Gasteiger partial charge >= 0.3 is 11.9 Å². The lowest BCUT2D eigenvalue weighted by Crippen LogP contribution is -1.95. The topological polar surface area (TPSA) is 63.3 Å². The molecule has 0 aliphatic heterocycles. The number of carboxylic acid groups (broad SMARTS) is 1. The highest BCUT2D eigenvalue weighted by Gasteiger charge is 2.16. The normalized spacial score (nSPS) is 10.4. The van der Waals surface area contributed by atoms with Crippen molar-refractivity contribution >= 4 is 5.97 Å². The predicted octanol–water partition coefficient (Wildman–Crippen LogP) is 2.49. The van der Waals surface area contributed by atoms with E-state index in [0.717, 1.165) is 0 Å². The van der Waals surface area contributed by atoms with Gasteiger partial charge in [-0.25, -0.2) is 14.2 Å². The van der Waals surface area contributed by atoms with E-state index >= 15 is 0 Å². The van der Waals surface area contributed by atoms with Crippen LogP contribution in [0.2, 0.25) is 0 Å². The lowest BCUT2D eigenvalue weighted by atomic mass is 10.1. The molecule has 5 heteroatoms. The van der Waals surface area contributed by atoms with Crippen molar-refractivity contribution in [3.8, 4) is 11.3 Å². The van der Waals surface area contributed by atoms with Gasteiger partial charge in [-0.1, -0.05) is 12.1 Å². The van der Waals surface area contributed by atoms with E-state index in [4.69, 9.17) is 9.52 Å². The number of aromatic carboxylic acids is 1. The van der Waals surface area contributed by atoms with Gasteiger partial charge in [0.15, 0.2) is 0 Å². The van der Waals surface area contributed by atoms with Crippen molar-refractivity contribution in [1.29, 1.82) is 0 Å². The van der Waals surface area contributed by atoms with Crippen LogP contribution in [0.5, 0.6) is 0 Å². The molecule has 0 atom stereocenters. The molecule has 0 spiro atoms. The Labute approximate surface area is 90.4 Å². The van der Waals surface area contributed by atoms with Crippen LogP contribution in [0.1, 0.15) is 16.4 Å². The number of benzene rings is 1. The summed E-state index contributed by atoms with van der Waals surface area (Å²) in [5.74, 6) is -1.69. The van der Waals surface area contributed by atoms with Crippen molar-refractivity contribution < 1.29 is 18.7 Å². The molecule has 0 amide bonds. The number of aryl methyl sites for hydroxylation is 1. The Bertz CT molecular complexity index is 548. The number of aromatic nitrogens is 1. The van der Waals surface area contributed by atoms with Crippen molar-refractivity contribution in [3.63, 3.8) is 0 Å². The molecule has 0 fully saturated rings. The number of halogens is 1. The van der Waals surface area contributed by atoms with Gasteiger partial charge in [0.2, 0.25) is 0 Å². The molecule has 1 aromatic carbocycles. The molecule has 1 N–H and O–H groups in total. The molecule has 1 aromatic heterocycles. The Morgan fingerprint density at radius 2 is 2.25 bits per heavy atom. The van der Waals surface area contributed by atoms with Crippen LogP contribution in [0.15, 0.2) is 28.7 Å². The fourth-order valence-corrected chi connectivity index (χ4v) is 1.39. The van der Waals surface area contributed by atoms with Gasteiger partial charge in [-0.2, -0.15) is 0 Å². The smallest absolute Gasteiger partial charge is 0.392 e. The summed E-state index contributed by atoms with van der Waals surface area (Å²) < 4.78 is 17.9. The second-order valence-electron chi connectivity index (χ2n) is 3.24. The van der Waals surface area contributed by atoms with E-state index < -0.39 is 17.7 Å². The van der Waals surface area contributed by atoms with Gasteiger partial charge in [-0.3, -0.25) is 0 Å². The second-order valence-corrected chi connectivity index (χ2v) is 3.24. The van der Waals surface area contributed by atoms with Gasteiger partial charge in [0.25, 0.3) is 0 Å². The maximum atomic E-state index is 13.0. The Morgan fingerprint density at radius 3 is 2.81 bits per heavy atom. The SMILES string of the molecule is Cc1oc(C(=O)O)nc1-c1cccc(F)c1. The first-order valence-corrected chi connectivity index (χ1v) is 4.54. The molecule has 0 bridgehead atoms. The van der Waals surface area contributed by atoms with Crippen LogP contribution in [0.3, 0.4) is 0 Å². The van der Waals surface area contributed by atoms with Crippen LogP contribution >= 0.6 is 0 Å². The molecule has 0 saturated heterocycles. The van der Waals surface area contributed by atoms with Crippen molar-refractivity contribution in [2.45, 2.75) is 6.92 Å². The van der Waals surface area contributed by atoms with Gasteiger partial charge in [0.1, 0.15) is 17.3 Å². The largest absolute Gasteiger partial charge is 0.474 e. The number of carboxylic acids is 1. The Kier molecular flexibility index (Phi) is 2.44. The first-order chi connectivity index (χ1) is 7.58. The van der Waals surface area contributed by atoms with Crippen LogP contribution < -0.4 is 0 Å². The molecule has 2 rings (SSSR count). The van der Waals surface area contributed by atoms with E-state index in [9.17, 15) is 9.18 Å². The molecule has 82 valence electrons. The van der Waals surface area contributed by atoms with E-state index in [1.165, 1.54) is 18.2 Å². The van der Waals surface area contributed by atoms with Crippen molar-refractivity contribution in [2.75, 3.05) is 0 Å². The Morgan fingerprint density at radius 1 is 1.50 bits per heavy atom. The third-order valence-corrected chi connectivity index (χ3v) is 2.08. The number of carbonyl (C=O) groups is 1. The molecular formula is C11H8FNO3. The highest BCUT2D eigenvalue weighted by molar-refractivity contribution is 5.83. The average molecular weight is 221 g/mol. The van der Waals surface area contributed by atoms with E-state index in [1.54, 1.807) is 13.0 Å². The highest BCUT2D eigenvalue weighted by Crippen LogP contribution is 2.23. The summed E-state index contributed by atoms with van der Waals surface area (Å²) in [6, 6.07) is 5.74. The zero-order chi connectivity index (χ0) is 11.7. The van der Waals surface area contributed by atoms with Crippen LogP contribution in [-0.2, 0) is 0 Å². The molecule has 0 aliphatic carbocycles. The summed E-state index contributed by atoms with van der Waals surface area (Å²) in [7, 11) is 0. The second kappa shape index (κ2) is 3.77. The van der Waals surface area contributed by atoms with Gasteiger partial charge in [0, 0.05) is 5.56 Å². The number of rotatable bonds is 2. The summed E-state index contributed by atoms with van der Waals surface area (Å²) in [5, 5.41) is 8.69. The van der Waals surface area contributed by atoms with Crippen molar-refractivity contribution in [1.82, 2.24) is 4.98 Å². The molecule has 0 radical (unpaired) electrons. The summed E-state index contributed by atoms with van der Waals surface area (Å²) >= 11 is 0. The number of hydrogen-bond donors (Lipinski definition) is 1. The number of nitrogens with zero attached hydrogens (tertiary/aromatic N) is 1. The lowest BCUT2D eigenvalue weighted by molar-refractivity contribution is 0.0652. The molecule has 1 heterocycles. The minimum Gasteiger partial charge on any atom is -0.474 e. The zero-order valence-corrected chi connectivity index (χ0v) is 8.40. The van der Waals surface area contributed by atoms with Crippen LogP contribution in [0, 0.1) is 12.7 Å².